The van der Waals surface area contributed by atoms with Gasteiger partial charge in [-0.15, -0.1) is 0 Å². The number of nitrogens with one attached hydrogen (secondary N) is 1. The normalized spacial score (nSPS) is 10.5. The van der Waals surface area contributed by atoms with E-state index in [0.717, 1.165) is 22.8 Å². The first-order valence-corrected chi connectivity index (χ1v) is 9.36. The van der Waals surface area contributed by atoms with Gasteiger partial charge >= 0.3 is 0 Å². The second-order valence-corrected chi connectivity index (χ2v) is 6.64. The lowest BCUT2D eigenvalue weighted by Crippen LogP contribution is -2.13. The van der Waals surface area contributed by atoms with E-state index < -0.39 is 0 Å². The van der Waals surface area contributed by atoms with Crippen LogP contribution in [0.2, 0.25) is 5.02 Å². The zero-order valence-electron chi connectivity index (χ0n) is 16.5. The number of furan rings is 1. The van der Waals surface area contributed by atoms with Crippen LogP contribution in [0.5, 0.6) is 17.2 Å². The summed E-state index contributed by atoms with van der Waals surface area (Å²) >= 11 is 6.09. The molecule has 0 bridgehead atoms. The maximum atomic E-state index is 12.4. The molecule has 1 aromatic heterocycles. The monoisotopic (exact) mass is 415 g/mol. The number of benzene rings is 2. The van der Waals surface area contributed by atoms with Gasteiger partial charge in [-0.25, -0.2) is 0 Å². The van der Waals surface area contributed by atoms with Crippen LogP contribution < -0.4 is 19.5 Å². The van der Waals surface area contributed by atoms with Crippen LogP contribution in [0.3, 0.4) is 0 Å². The molecule has 0 aliphatic heterocycles. The quantitative estimate of drug-likeness (QED) is 0.547. The van der Waals surface area contributed by atoms with Gasteiger partial charge in [0, 0.05) is 30.5 Å². The number of methoxy groups -OCH3 is 3. The van der Waals surface area contributed by atoms with Crippen molar-refractivity contribution in [2.24, 2.45) is 0 Å². The van der Waals surface area contributed by atoms with Crippen molar-refractivity contribution in [2.45, 2.75) is 12.8 Å². The van der Waals surface area contributed by atoms with Gasteiger partial charge in [0.2, 0.25) is 5.91 Å². The second-order valence-electron chi connectivity index (χ2n) is 6.23. The van der Waals surface area contributed by atoms with Crippen molar-refractivity contribution in [2.75, 3.05) is 26.6 Å². The molecule has 0 aliphatic rings. The van der Waals surface area contributed by atoms with Crippen LogP contribution >= 0.6 is 11.6 Å². The number of ether oxygens (including phenoxy) is 3. The highest BCUT2D eigenvalue weighted by Crippen LogP contribution is 2.36. The molecule has 0 atom stereocenters. The zero-order chi connectivity index (χ0) is 20.8. The van der Waals surface area contributed by atoms with Gasteiger partial charge in [0.1, 0.15) is 28.8 Å². The van der Waals surface area contributed by atoms with Crippen molar-refractivity contribution in [3.63, 3.8) is 0 Å². The van der Waals surface area contributed by atoms with Gasteiger partial charge in [0.05, 0.1) is 32.0 Å². The van der Waals surface area contributed by atoms with Gasteiger partial charge in [-0.3, -0.25) is 4.79 Å². The minimum atomic E-state index is -0.171. The number of anilines is 1. The molecule has 29 heavy (non-hydrogen) atoms. The Morgan fingerprint density at radius 2 is 1.69 bits per heavy atom. The second kappa shape index (κ2) is 9.39. The van der Waals surface area contributed by atoms with Crippen LogP contribution in [0.1, 0.15) is 12.2 Å². The SMILES string of the molecule is COc1ccc(-c2ccc(CCC(=O)Nc3cc(OC)c(Cl)cc3OC)o2)cc1. The number of carbonyl (C=O) groups is 1. The third kappa shape index (κ3) is 5.03. The Labute approximate surface area is 174 Å². The van der Waals surface area contributed by atoms with E-state index in [1.54, 1.807) is 19.2 Å². The minimum absolute atomic E-state index is 0.171. The molecule has 1 N–H and O–H groups in total. The maximum absolute atomic E-state index is 12.4. The highest BCUT2D eigenvalue weighted by Gasteiger charge is 2.13. The maximum Gasteiger partial charge on any atom is 0.224 e. The number of hydrogen-bond donors (Lipinski definition) is 1. The van der Waals surface area contributed by atoms with E-state index in [4.69, 9.17) is 30.2 Å². The van der Waals surface area contributed by atoms with E-state index in [0.29, 0.717) is 28.6 Å². The standard InChI is InChI=1S/C22H22ClNO5/c1-26-15-6-4-14(5-7-15)19-10-8-16(29-19)9-11-22(25)24-18-13-20(27-2)17(23)12-21(18)28-3/h4-8,10,12-13H,9,11H2,1-3H3,(H,24,25). The fourth-order valence-corrected chi connectivity index (χ4v) is 3.06. The van der Waals surface area contributed by atoms with E-state index >= 15 is 0 Å². The molecule has 2 aromatic carbocycles. The Morgan fingerprint density at radius 3 is 2.34 bits per heavy atom. The lowest BCUT2D eigenvalue weighted by atomic mass is 10.2. The van der Waals surface area contributed by atoms with E-state index in [2.05, 4.69) is 5.32 Å². The number of amides is 1. The first-order chi connectivity index (χ1) is 14.0. The first kappa shape index (κ1) is 20.6. The van der Waals surface area contributed by atoms with Crippen molar-refractivity contribution in [3.8, 4) is 28.6 Å². The van der Waals surface area contributed by atoms with Crippen molar-refractivity contribution in [3.05, 3.63) is 59.3 Å². The third-order valence-electron chi connectivity index (χ3n) is 4.38. The fraction of sp³-hybridized carbons (Fsp3) is 0.227. The number of aryl methyl sites for hydroxylation is 1. The Bertz CT molecular complexity index is 981. The number of carbonyl (C=O) groups excluding carboxylic acids is 1. The zero-order valence-corrected chi connectivity index (χ0v) is 17.2. The Hall–Kier alpha value is -3.12. The topological polar surface area (TPSA) is 69.9 Å². The van der Waals surface area contributed by atoms with Crippen LogP contribution in [0, 0.1) is 0 Å². The number of halogens is 1. The van der Waals surface area contributed by atoms with Crippen molar-refractivity contribution in [1.29, 1.82) is 0 Å². The predicted molar refractivity (Wildman–Crippen MR) is 112 cm³/mol. The molecule has 0 spiro atoms. The van der Waals surface area contributed by atoms with Gasteiger partial charge in [0.25, 0.3) is 0 Å². The van der Waals surface area contributed by atoms with Gasteiger partial charge in [-0.1, -0.05) is 11.6 Å². The summed E-state index contributed by atoms with van der Waals surface area (Å²) in [4.78, 5) is 12.4. The van der Waals surface area contributed by atoms with Crippen LogP contribution in [0.4, 0.5) is 5.69 Å². The van der Waals surface area contributed by atoms with E-state index in [1.807, 2.05) is 36.4 Å². The molecule has 0 aliphatic carbocycles. The van der Waals surface area contributed by atoms with E-state index in [-0.39, 0.29) is 12.3 Å². The van der Waals surface area contributed by atoms with Gasteiger partial charge in [0.15, 0.2) is 0 Å². The lowest BCUT2D eigenvalue weighted by molar-refractivity contribution is -0.116. The van der Waals surface area contributed by atoms with Gasteiger partial charge in [-0.05, 0) is 36.4 Å². The van der Waals surface area contributed by atoms with Crippen LogP contribution in [-0.2, 0) is 11.2 Å². The summed E-state index contributed by atoms with van der Waals surface area (Å²) < 4.78 is 21.5. The van der Waals surface area contributed by atoms with Crippen LogP contribution in [-0.4, -0.2) is 27.2 Å². The smallest absolute Gasteiger partial charge is 0.224 e. The van der Waals surface area contributed by atoms with Crippen LogP contribution in [0.15, 0.2) is 52.9 Å². The summed E-state index contributed by atoms with van der Waals surface area (Å²) in [5, 5.41) is 3.23. The molecule has 152 valence electrons. The van der Waals surface area contributed by atoms with Gasteiger partial charge in [-0.2, -0.15) is 0 Å². The van der Waals surface area contributed by atoms with Gasteiger partial charge < -0.3 is 23.9 Å². The molecule has 6 nitrogen and oxygen atoms in total. The average Bonchev–Trinajstić information content (AvgIpc) is 3.22. The molecule has 1 heterocycles. The van der Waals surface area contributed by atoms with Crippen molar-refractivity contribution < 1.29 is 23.4 Å². The Kier molecular flexibility index (Phi) is 6.67. The highest BCUT2D eigenvalue weighted by molar-refractivity contribution is 6.32. The molecule has 1 amide bonds. The molecule has 0 unspecified atom stereocenters. The molecular weight excluding hydrogens is 394 g/mol. The molecule has 3 aromatic rings. The largest absolute Gasteiger partial charge is 0.497 e. The van der Waals surface area contributed by atoms with E-state index in [1.165, 1.54) is 14.2 Å². The van der Waals surface area contributed by atoms with E-state index in [9.17, 15) is 4.79 Å². The summed E-state index contributed by atoms with van der Waals surface area (Å²) in [5.74, 6) is 3.00. The summed E-state index contributed by atoms with van der Waals surface area (Å²) in [6.45, 7) is 0. The first-order valence-electron chi connectivity index (χ1n) is 8.98. The lowest BCUT2D eigenvalue weighted by Gasteiger charge is -2.13. The van der Waals surface area contributed by atoms with Crippen molar-refractivity contribution >= 4 is 23.2 Å². The summed E-state index contributed by atoms with van der Waals surface area (Å²) in [6, 6.07) is 14.6. The summed E-state index contributed by atoms with van der Waals surface area (Å²) in [5.41, 5.74) is 1.44. The molecule has 3 rings (SSSR count). The fourth-order valence-electron chi connectivity index (χ4n) is 2.83. The summed E-state index contributed by atoms with van der Waals surface area (Å²) in [7, 11) is 4.65. The molecular formula is C22H22ClNO5. The third-order valence-corrected chi connectivity index (χ3v) is 4.68. The molecule has 0 fully saturated rings. The number of hydrogen-bond acceptors (Lipinski definition) is 5. The Morgan fingerprint density at radius 1 is 0.966 bits per heavy atom. The molecule has 0 saturated carbocycles. The highest BCUT2D eigenvalue weighted by atomic mass is 35.5. The Balaban J connectivity index is 1.62. The summed E-state index contributed by atoms with van der Waals surface area (Å²) in [6.07, 6.45) is 0.721. The minimum Gasteiger partial charge on any atom is -0.497 e. The number of rotatable bonds is 8. The van der Waals surface area contributed by atoms with Crippen molar-refractivity contribution in [1.82, 2.24) is 0 Å². The molecule has 0 radical (unpaired) electrons. The van der Waals surface area contributed by atoms with Crippen LogP contribution in [0.25, 0.3) is 11.3 Å². The predicted octanol–water partition coefficient (Wildman–Crippen LogP) is 5.20. The molecule has 0 saturated heterocycles. The average molecular weight is 416 g/mol. The molecule has 7 heteroatoms.